The first-order valence-corrected chi connectivity index (χ1v) is 11.2. The Morgan fingerprint density at radius 1 is 1.04 bits per heavy atom. The quantitative estimate of drug-likeness (QED) is 0.402. The SMILES string of the molecule is Cc1ccc(C#CSCC[C@@H]2[C@@H](CCCCCCC(=O)O)[C@@H](O)C[C@H]2O)cc1. The number of carboxylic acid groups (broad SMARTS) is 1. The fourth-order valence-corrected chi connectivity index (χ4v) is 4.65. The maximum absolute atomic E-state index is 10.5. The van der Waals surface area contributed by atoms with Crippen LogP contribution >= 0.6 is 11.8 Å². The number of hydrogen-bond acceptors (Lipinski definition) is 4. The fraction of sp³-hybridized carbons (Fsp3) is 0.609. The predicted molar refractivity (Wildman–Crippen MR) is 114 cm³/mol. The third kappa shape index (κ3) is 7.87. The van der Waals surface area contributed by atoms with Crippen molar-refractivity contribution in [1.29, 1.82) is 0 Å². The molecule has 1 aliphatic carbocycles. The van der Waals surface area contributed by atoms with E-state index in [1.807, 2.05) is 12.1 Å². The highest BCUT2D eigenvalue weighted by Crippen LogP contribution is 2.38. The van der Waals surface area contributed by atoms with Gasteiger partial charge in [-0.2, -0.15) is 0 Å². The van der Waals surface area contributed by atoms with Gasteiger partial charge in [0, 0.05) is 17.7 Å². The van der Waals surface area contributed by atoms with Gasteiger partial charge in [0.15, 0.2) is 0 Å². The molecule has 1 aromatic carbocycles. The maximum atomic E-state index is 10.5. The van der Waals surface area contributed by atoms with Crippen molar-refractivity contribution in [2.75, 3.05) is 5.75 Å². The molecule has 0 amide bonds. The number of aryl methyl sites for hydroxylation is 1. The van der Waals surface area contributed by atoms with Gasteiger partial charge in [-0.15, -0.1) is 0 Å². The van der Waals surface area contributed by atoms with E-state index in [4.69, 9.17) is 5.11 Å². The van der Waals surface area contributed by atoms with Crippen LogP contribution in [0, 0.1) is 29.9 Å². The molecule has 0 aliphatic heterocycles. The van der Waals surface area contributed by atoms with Gasteiger partial charge in [-0.3, -0.25) is 4.79 Å². The molecule has 1 saturated carbocycles. The van der Waals surface area contributed by atoms with Crippen LogP contribution in [0.1, 0.15) is 62.5 Å². The Labute approximate surface area is 172 Å². The van der Waals surface area contributed by atoms with Gasteiger partial charge >= 0.3 is 5.97 Å². The molecule has 1 aliphatic rings. The summed E-state index contributed by atoms with van der Waals surface area (Å²) in [6, 6.07) is 8.15. The lowest BCUT2D eigenvalue weighted by atomic mass is 9.87. The second-order valence-corrected chi connectivity index (χ2v) is 8.68. The molecule has 5 heteroatoms. The molecule has 0 spiro atoms. The molecular formula is C23H32O4S. The molecule has 4 nitrogen and oxygen atoms in total. The van der Waals surface area contributed by atoms with Crippen molar-refractivity contribution in [3.63, 3.8) is 0 Å². The minimum Gasteiger partial charge on any atom is -0.481 e. The highest BCUT2D eigenvalue weighted by atomic mass is 32.2. The lowest BCUT2D eigenvalue weighted by molar-refractivity contribution is -0.137. The lowest BCUT2D eigenvalue weighted by Gasteiger charge is -2.23. The Morgan fingerprint density at radius 3 is 2.36 bits per heavy atom. The zero-order valence-corrected chi connectivity index (χ0v) is 17.5. The molecule has 154 valence electrons. The Balaban J connectivity index is 1.71. The molecule has 28 heavy (non-hydrogen) atoms. The maximum Gasteiger partial charge on any atom is 0.303 e. The smallest absolute Gasteiger partial charge is 0.303 e. The van der Waals surface area contributed by atoms with Crippen LogP contribution in [0.15, 0.2) is 24.3 Å². The van der Waals surface area contributed by atoms with E-state index < -0.39 is 18.2 Å². The van der Waals surface area contributed by atoms with Gasteiger partial charge in [-0.25, -0.2) is 0 Å². The topological polar surface area (TPSA) is 77.8 Å². The van der Waals surface area contributed by atoms with Crippen LogP contribution in [-0.4, -0.2) is 39.2 Å². The zero-order chi connectivity index (χ0) is 20.4. The molecular weight excluding hydrogens is 372 g/mol. The Bertz CT molecular complexity index is 661. The molecule has 0 bridgehead atoms. The molecule has 0 saturated heterocycles. The van der Waals surface area contributed by atoms with Gasteiger partial charge < -0.3 is 15.3 Å². The van der Waals surface area contributed by atoms with Gasteiger partial charge in [-0.1, -0.05) is 54.6 Å². The van der Waals surface area contributed by atoms with Crippen LogP contribution < -0.4 is 0 Å². The molecule has 2 rings (SSSR count). The Hall–Kier alpha value is -1.48. The number of thioether (sulfide) groups is 1. The number of aliphatic carboxylic acids is 1. The molecule has 3 N–H and O–H groups in total. The van der Waals surface area contributed by atoms with Crippen molar-refractivity contribution in [3.8, 4) is 11.2 Å². The number of aliphatic hydroxyl groups excluding tert-OH is 2. The summed E-state index contributed by atoms with van der Waals surface area (Å²) in [6.45, 7) is 2.06. The molecule has 4 atom stereocenters. The summed E-state index contributed by atoms with van der Waals surface area (Å²) < 4.78 is 0. The van der Waals surface area contributed by atoms with Crippen molar-refractivity contribution < 1.29 is 20.1 Å². The highest BCUT2D eigenvalue weighted by molar-refractivity contribution is 8.03. The van der Waals surface area contributed by atoms with E-state index in [1.165, 1.54) is 5.56 Å². The second-order valence-electron chi connectivity index (χ2n) is 7.77. The summed E-state index contributed by atoms with van der Waals surface area (Å²) in [5.41, 5.74) is 2.23. The van der Waals surface area contributed by atoms with Crippen molar-refractivity contribution in [1.82, 2.24) is 0 Å². The van der Waals surface area contributed by atoms with Crippen LogP contribution in [-0.2, 0) is 4.79 Å². The van der Waals surface area contributed by atoms with Crippen LogP contribution in [0.2, 0.25) is 0 Å². The average Bonchev–Trinajstić information content (AvgIpc) is 2.92. The van der Waals surface area contributed by atoms with E-state index in [1.54, 1.807) is 11.8 Å². The van der Waals surface area contributed by atoms with Crippen LogP contribution in [0.5, 0.6) is 0 Å². The number of carboxylic acids is 1. The van der Waals surface area contributed by atoms with E-state index in [0.717, 1.165) is 43.4 Å². The largest absolute Gasteiger partial charge is 0.481 e. The zero-order valence-electron chi connectivity index (χ0n) is 16.6. The summed E-state index contributed by atoms with van der Waals surface area (Å²) >= 11 is 1.57. The average molecular weight is 405 g/mol. The van der Waals surface area contributed by atoms with Gasteiger partial charge in [0.2, 0.25) is 0 Å². The lowest BCUT2D eigenvalue weighted by Crippen LogP contribution is -2.22. The predicted octanol–water partition coefficient (Wildman–Crippen LogP) is 4.21. The highest BCUT2D eigenvalue weighted by Gasteiger charge is 2.40. The summed E-state index contributed by atoms with van der Waals surface area (Å²) in [7, 11) is 0. The van der Waals surface area contributed by atoms with Gasteiger partial charge in [0.05, 0.1) is 12.2 Å². The summed E-state index contributed by atoms with van der Waals surface area (Å²) in [6.07, 6.45) is 5.17. The van der Waals surface area contributed by atoms with E-state index in [2.05, 4.69) is 30.2 Å². The molecule has 0 aromatic heterocycles. The number of hydrogen-bond donors (Lipinski definition) is 3. The molecule has 1 aromatic rings. The van der Waals surface area contributed by atoms with E-state index >= 15 is 0 Å². The number of rotatable bonds is 10. The third-order valence-electron chi connectivity index (χ3n) is 5.57. The first-order valence-electron chi connectivity index (χ1n) is 10.2. The summed E-state index contributed by atoms with van der Waals surface area (Å²) in [5.74, 6) is 3.53. The first-order chi connectivity index (χ1) is 13.5. The number of benzene rings is 1. The first kappa shape index (κ1) is 22.8. The van der Waals surface area contributed by atoms with Crippen molar-refractivity contribution in [2.24, 2.45) is 11.8 Å². The Morgan fingerprint density at radius 2 is 1.68 bits per heavy atom. The second kappa shape index (κ2) is 12.2. The summed E-state index contributed by atoms with van der Waals surface area (Å²) in [4.78, 5) is 10.5. The monoisotopic (exact) mass is 404 g/mol. The van der Waals surface area contributed by atoms with Gasteiger partial charge in [0.25, 0.3) is 0 Å². The Kier molecular flexibility index (Phi) is 9.91. The normalized spacial score (nSPS) is 24.0. The summed E-state index contributed by atoms with van der Waals surface area (Å²) in [5, 5.41) is 32.4. The fourth-order valence-electron chi connectivity index (χ4n) is 3.97. The third-order valence-corrected chi connectivity index (χ3v) is 6.26. The van der Waals surface area contributed by atoms with Gasteiger partial charge in [0.1, 0.15) is 0 Å². The van der Waals surface area contributed by atoms with Crippen LogP contribution in [0.4, 0.5) is 0 Å². The van der Waals surface area contributed by atoms with Crippen LogP contribution in [0.25, 0.3) is 0 Å². The minimum atomic E-state index is -0.739. The standard InChI is InChI=1S/C23H32O4S/c1-17-8-10-18(11-9-17)12-14-28-15-13-20-19(21(24)16-22(20)25)6-4-2-3-5-7-23(26)27/h8-11,19-22,24-25H,2-7,13,15-16H2,1H3,(H,26,27)/t19-,20-,21+,22-/m1/s1. The van der Waals surface area contributed by atoms with E-state index in [-0.39, 0.29) is 18.3 Å². The van der Waals surface area contributed by atoms with E-state index in [9.17, 15) is 15.0 Å². The van der Waals surface area contributed by atoms with E-state index in [0.29, 0.717) is 12.8 Å². The number of unbranched alkanes of at least 4 members (excludes halogenated alkanes) is 3. The molecule has 0 heterocycles. The van der Waals surface area contributed by atoms with Crippen molar-refractivity contribution in [2.45, 2.75) is 70.5 Å². The van der Waals surface area contributed by atoms with Gasteiger partial charge in [-0.05, 0) is 61.8 Å². The minimum absolute atomic E-state index is 0.127. The number of carbonyl (C=O) groups is 1. The van der Waals surface area contributed by atoms with Crippen molar-refractivity contribution >= 4 is 17.7 Å². The molecule has 0 unspecified atom stereocenters. The molecule has 1 fully saturated rings. The van der Waals surface area contributed by atoms with Crippen molar-refractivity contribution in [3.05, 3.63) is 35.4 Å². The molecule has 0 radical (unpaired) electrons. The number of aliphatic hydroxyl groups is 2. The van der Waals surface area contributed by atoms with Crippen LogP contribution in [0.3, 0.4) is 0 Å².